The number of carbonyl (C=O) groups is 1. The molecule has 2 amide bonds. The Hall–Kier alpha value is -1.53. The number of thiazole rings is 1. The van der Waals surface area contributed by atoms with Crippen LogP contribution in [0, 0.1) is 0 Å². The van der Waals surface area contributed by atoms with Crippen molar-refractivity contribution in [1.29, 1.82) is 0 Å². The fourth-order valence-electron chi connectivity index (χ4n) is 2.16. The number of urea groups is 1. The average molecular weight is 333 g/mol. The summed E-state index contributed by atoms with van der Waals surface area (Å²) >= 11 is 3.45. The predicted octanol–water partition coefficient (Wildman–Crippen LogP) is 3.31. The maximum absolute atomic E-state index is 11.8. The number of nitrogens with zero attached hydrogens (tertiary/aromatic N) is 1. The molecule has 2 N–H and O–H groups in total. The monoisotopic (exact) mass is 333 g/mol. The highest BCUT2D eigenvalue weighted by atomic mass is 32.2. The Morgan fingerprint density at radius 3 is 2.77 bits per heavy atom. The Bertz CT molecular complexity index is 597. The third-order valence-electron chi connectivity index (χ3n) is 3.61. The zero-order valence-electron chi connectivity index (χ0n) is 12.2. The van der Waals surface area contributed by atoms with E-state index in [-0.39, 0.29) is 10.8 Å². The number of hydrogen-bond acceptors (Lipinski definition) is 4. The topological polar surface area (TPSA) is 54.0 Å². The molecule has 0 bridgehead atoms. The van der Waals surface area contributed by atoms with Crippen molar-refractivity contribution in [3.05, 3.63) is 46.9 Å². The molecule has 3 rings (SSSR count). The largest absolute Gasteiger partial charge is 0.338 e. The summed E-state index contributed by atoms with van der Waals surface area (Å²) in [5.41, 5.74) is 2.84. The van der Waals surface area contributed by atoms with Gasteiger partial charge in [-0.25, -0.2) is 9.78 Å². The van der Waals surface area contributed by atoms with Crippen molar-refractivity contribution in [1.82, 2.24) is 15.6 Å². The van der Waals surface area contributed by atoms with E-state index >= 15 is 0 Å². The van der Waals surface area contributed by atoms with Crippen LogP contribution in [0.5, 0.6) is 0 Å². The molecule has 116 valence electrons. The predicted molar refractivity (Wildman–Crippen MR) is 91.5 cm³/mol. The molecule has 1 aliphatic rings. The van der Waals surface area contributed by atoms with E-state index in [4.69, 9.17) is 0 Å². The molecular formula is C16H19N3OS2. The lowest BCUT2D eigenvalue weighted by Crippen LogP contribution is -2.40. The third kappa shape index (κ3) is 4.48. The van der Waals surface area contributed by atoms with Crippen molar-refractivity contribution in [3.8, 4) is 0 Å². The summed E-state index contributed by atoms with van der Waals surface area (Å²) < 4.78 is 0.188. The van der Waals surface area contributed by atoms with E-state index in [0.717, 1.165) is 31.5 Å². The van der Waals surface area contributed by atoms with E-state index in [1.165, 1.54) is 4.90 Å². The van der Waals surface area contributed by atoms with Crippen molar-refractivity contribution in [2.24, 2.45) is 0 Å². The maximum atomic E-state index is 11.8. The van der Waals surface area contributed by atoms with E-state index in [2.05, 4.69) is 39.9 Å². The Kier molecular flexibility index (Phi) is 5.00. The van der Waals surface area contributed by atoms with Crippen LogP contribution in [0.2, 0.25) is 0 Å². The number of rotatable bonds is 7. The molecular weight excluding hydrogens is 314 g/mol. The van der Waals surface area contributed by atoms with Gasteiger partial charge in [-0.1, -0.05) is 18.2 Å². The van der Waals surface area contributed by atoms with Crippen molar-refractivity contribution in [2.75, 3.05) is 13.1 Å². The number of nitrogens with one attached hydrogen (secondary N) is 2. The van der Waals surface area contributed by atoms with Crippen LogP contribution in [0.15, 0.2) is 46.1 Å². The van der Waals surface area contributed by atoms with Gasteiger partial charge in [0, 0.05) is 34.5 Å². The molecule has 4 nitrogen and oxygen atoms in total. The van der Waals surface area contributed by atoms with Gasteiger partial charge in [0.15, 0.2) is 0 Å². The summed E-state index contributed by atoms with van der Waals surface area (Å²) in [4.78, 5) is 17.3. The first-order valence-corrected chi connectivity index (χ1v) is 9.15. The molecule has 1 fully saturated rings. The van der Waals surface area contributed by atoms with Gasteiger partial charge < -0.3 is 10.6 Å². The SMILES string of the molecule is O=C(NCCc1cscn1)NCC1(Sc2ccccc2)CC1. The van der Waals surface area contributed by atoms with Crippen LogP contribution >= 0.6 is 23.1 Å². The van der Waals surface area contributed by atoms with Gasteiger partial charge in [-0.2, -0.15) is 0 Å². The zero-order valence-corrected chi connectivity index (χ0v) is 13.9. The lowest BCUT2D eigenvalue weighted by atomic mass is 10.3. The summed E-state index contributed by atoms with van der Waals surface area (Å²) in [6, 6.07) is 10.3. The quantitative estimate of drug-likeness (QED) is 0.817. The molecule has 0 saturated heterocycles. The van der Waals surface area contributed by atoms with Crippen LogP contribution in [-0.2, 0) is 6.42 Å². The van der Waals surface area contributed by atoms with Crippen LogP contribution in [0.25, 0.3) is 0 Å². The maximum Gasteiger partial charge on any atom is 0.314 e. The first-order chi connectivity index (χ1) is 10.8. The minimum Gasteiger partial charge on any atom is -0.338 e. The highest BCUT2D eigenvalue weighted by molar-refractivity contribution is 8.01. The number of carbonyl (C=O) groups excluding carboxylic acids is 1. The molecule has 1 saturated carbocycles. The van der Waals surface area contributed by atoms with Crippen LogP contribution in [0.3, 0.4) is 0 Å². The fraction of sp³-hybridized carbons (Fsp3) is 0.375. The van der Waals surface area contributed by atoms with Gasteiger partial charge in [-0.05, 0) is 25.0 Å². The minimum atomic E-state index is -0.0878. The first-order valence-electron chi connectivity index (χ1n) is 7.39. The average Bonchev–Trinajstić information content (AvgIpc) is 3.09. The Balaban J connectivity index is 1.37. The zero-order chi connectivity index (χ0) is 15.3. The van der Waals surface area contributed by atoms with E-state index in [9.17, 15) is 4.79 Å². The first kappa shape index (κ1) is 15.4. The van der Waals surface area contributed by atoms with Crippen molar-refractivity contribution >= 4 is 29.1 Å². The third-order valence-corrected chi connectivity index (χ3v) is 5.74. The van der Waals surface area contributed by atoms with E-state index in [1.807, 2.05) is 28.7 Å². The lowest BCUT2D eigenvalue weighted by Gasteiger charge is -2.16. The number of hydrogen-bond donors (Lipinski definition) is 2. The highest BCUT2D eigenvalue weighted by Gasteiger charge is 2.43. The van der Waals surface area contributed by atoms with Crippen LogP contribution < -0.4 is 10.6 Å². The number of amides is 2. The van der Waals surface area contributed by atoms with E-state index < -0.39 is 0 Å². The fourth-order valence-corrected chi connectivity index (χ4v) is 4.00. The molecule has 1 aromatic carbocycles. The second kappa shape index (κ2) is 7.15. The van der Waals surface area contributed by atoms with Crippen molar-refractivity contribution in [3.63, 3.8) is 0 Å². The smallest absolute Gasteiger partial charge is 0.314 e. The van der Waals surface area contributed by atoms with Gasteiger partial charge in [0.1, 0.15) is 0 Å². The molecule has 0 aliphatic heterocycles. The van der Waals surface area contributed by atoms with Gasteiger partial charge in [0.05, 0.1) is 11.2 Å². The van der Waals surface area contributed by atoms with Gasteiger partial charge in [-0.3, -0.25) is 0 Å². The summed E-state index contributed by atoms with van der Waals surface area (Å²) in [6.45, 7) is 1.34. The number of aromatic nitrogens is 1. The van der Waals surface area contributed by atoms with Gasteiger partial charge in [-0.15, -0.1) is 23.1 Å². The summed E-state index contributed by atoms with van der Waals surface area (Å²) in [5, 5.41) is 7.90. The highest BCUT2D eigenvalue weighted by Crippen LogP contribution is 2.51. The standard InChI is InChI=1S/C16H19N3OS2/c20-15(17-9-6-13-10-21-12-19-13)18-11-16(7-8-16)22-14-4-2-1-3-5-14/h1-5,10,12H,6-9,11H2,(H2,17,18,20). The van der Waals surface area contributed by atoms with Crippen LogP contribution in [0.4, 0.5) is 4.79 Å². The molecule has 0 atom stereocenters. The molecule has 1 heterocycles. The molecule has 1 aliphatic carbocycles. The van der Waals surface area contributed by atoms with Gasteiger partial charge in [0.25, 0.3) is 0 Å². The number of thioether (sulfide) groups is 1. The Morgan fingerprint density at radius 1 is 1.27 bits per heavy atom. The molecule has 0 spiro atoms. The van der Waals surface area contributed by atoms with E-state index in [1.54, 1.807) is 11.3 Å². The normalized spacial score (nSPS) is 15.3. The summed E-state index contributed by atoms with van der Waals surface area (Å²) in [7, 11) is 0. The van der Waals surface area contributed by atoms with Gasteiger partial charge >= 0.3 is 6.03 Å². The van der Waals surface area contributed by atoms with Crippen molar-refractivity contribution < 1.29 is 4.79 Å². The molecule has 22 heavy (non-hydrogen) atoms. The Morgan fingerprint density at radius 2 is 2.09 bits per heavy atom. The summed E-state index contributed by atoms with van der Waals surface area (Å²) in [5.74, 6) is 0. The lowest BCUT2D eigenvalue weighted by molar-refractivity contribution is 0.241. The second-order valence-electron chi connectivity index (χ2n) is 5.44. The van der Waals surface area contributed by atoms with Crippen LogP contribution in [0.1, 0.15) is 18.5 Å². The number of benzene rings is 1. The van der Waals surface area contributed by atoms with Crippen molar-refractivity contribution in [2.45, 2.75) is 28.9 Å². The van der Waals surface area contributed by atoms with Crippen LogP contribution in [-0.4, -0.2) is 28.9 Å². The molecule has 1 aromatic heterocycles. The van der Waals surface area contributed by atoms with E-state index in [0.29, 0.717) is 6.54 Å². The molecule has 2 aromatic rings. The molecule has 0 unspecified atom stereocenters. The Labute approximate surface area is 138 Å². The summed E-state index contributed by atoms with van der Waals surface area (Å²) in [6.07, 6.45) is 3.10. The minimum absolute atomic E-state index is 0.0878. The second-order valence-corrected chi connectivity index (χ2v) is 7.70. The molecule has 0 radical (unpaired) electrons. The van der Waals surface area contributed by atoms with Gasteiger partial charge in [0.2, 0.25) is 0 Å². The molecule has 6 heteroatoms.